The number of nitrogens with two attached hydrogens (primary N) is 1. The van der Waals surface area contributed by atoms with Crippen molar-refractivity contribution in [2.45, 2.75) is 18.4 Å². The van der Waals surface area contributed by atoms with E-state index in [2.05, 4.69) is 68.3 Å². The van der Waals surface area contributed by atoms with Crippen molar-refractivity contribution in [3.05, 3.63) is 55.1 Å². The fourth-order valence-corrected chi connectivity index (χ4v) is 4.60. The third-order valence-corrected chi connectivity index (χ3v) is 6.88. The Morgan fingerprint density at radius 3 is 2.56 bits per heavy atom. The van der Waals surface area contributed by atoms with Gasteiger partial charge in [0.25, 0.3) is 0 Å². The third-order valence-electron chi connectivity index (χ3n) is 3.52. The lowest BCUT2D eigenvalue weighted by Crippen LogP contribution is -2.11. The SMILES string of the molecule is NC(c1cc(Br)c(Br)s1)C1CC1c1ccccc1. The van der Waals surface area contributed by atoms with Crippen molar-refractivity contribution in [1.82, 2.24) is 0 Å². The summed E-state index contributed by atoms with van der Waals surface area (Å²) in [6, 6.07) is 13.0. The largest absolute Gasteiger partial charge is 0.323 e. The summed E-state index contributed by atoms with van der Waals surface area (Å²) in [5.41, 5.74) is 7.80. The maximum Gasteiger partial charge on any atom is 0.0843 e. The predicted octanol–water partition coefficient (Wildman–Crippen LogP) is 5.08. The molecule has 4 heteroatoms. The van der Waals surface area contributed by atoms with Crippen LogP contribution in [0.15, 0.2) is 44.7 Å². The van der Waals surface area contributed by atoms with E-state index in [-0.39, 0.29) is 6.04 Å². The van der Waals surface area contributed by atoms with Crippen molar-refractivity contribution >= 4 is 43.2 Å². The number of hydrogen-bond donors (Lipinski definition) is 1. The zero-order valence-electron chi connectivity index (χ0n) is 9.64. The second kappa shape index (κ2) is 5.08. The molecule has 1 nitrogen and oxygen atoms in total. The maximum atomic E-state index is 6.38. The van der Waals surface area contributed by atoms with Crippen LogP contribution in [0.25, 0.3) is 0 Å². The van der Waals surface area contributed by atoms with E-state index in [0.717, 1.165) is 8.26 Å². The summed E-state index contributed by atoms with van der Waals surface area (Å²) in [6.07, 6.45) is 1.21. The summed E-state index contributed by atoms with van der Waals surface area (Å²) in [4.78, 5) is 1.26. The van der Waals surface area contributed by atoms with Gasteiger partial charge >= 0.3 is 0 Å². The van der Waals surface area contributed by atoms with E-state index < -0.39 is 0 Å². The summed E-state index contributed by atoms with van der Waals surface area (Å²) in [5.74, 6) is 1.23. The smallest absolute Gasteiger partial charge is 0.0843 e. The van der Waals surface area contributed by atoms with E-state index in [9.17, 15) is 0 Å². The van der Waals surface area contributed by atoms with Gasteiger partial charge in [-0.05, 0) is 61.7 Å². The van der Waals surface area contributed by atoms with Gasteiger partial charge in [-0.15, -0.1) is 11.3 Å². The molecule has 0 spiro atoms. The van der Waals surface area contributed by atoms with Crippen LogP contribution in [0.5, 0.6) is 0 Å². The Labute approximate surface area is 128 Å². The van der Waals surface area contributed by atoms with Crippen LogP contribution in [0.3, 0.4) is 0 Å². The highest BCUT2D eigenvalue weighted by molar-refractivity contribution is 9.13. The highest BCUT2D eigenvalue weighted by Crippen LogP contribution is 2.54. The van der Waals surface area contributed by atoms with Crippen LogP contribution >= 0.6 is 43.2 Å². The number of benzene rings is 1. The van der Waals surface area contributed by atoms with E-state index >= 15 is 0 Å². The molecule has 1 aliphatic rings. The van der Waals surface area contributed by atoms with E-state index in [1.807, 2.05) is 0 Å². The van der Waals surface area contributed by atoms with Gasteiger partial charge in [0, 0.05) is 15.4 Å². The quantitative estimate of drug-likeness (QED) is 0.782. The Bertz CT molecular complexity index is 533. The molecule has 0 bridgehead atoms. The molecule has 1 heterocycles. The van der Waals surface area contributed by atoms with Gasteiger partial charge in [0.15, 0.2) is 0 Å². The number of rotatable bonds is 3. The minimum absolute atomic E-state index is 0.155. The van der Waals surface area contributed by atoms with E-state index in [1.165, 1.54) is 16.9 Å². The van der Waals surface area contributed by atoms with Crippen LogP contribution < -0.4 is 5.73 Å². The Kier molecular flexibility index (Phi) is 3.63. The second-order valence-corrected chi connectivity index (χ2v) is 7.97. The number of hydrogen-bond acceptors (Lipinski definition) is 2. The normalized spacial score (nSPS) is 23.9. The van der Waals surface area contributed by atoms with Crippen LogP contribution in [0.2, 0.25) is 0 Å². The third kappa shape index (κ3) is 2.44. The van der Waals surface area contributed by atoms with Crippen molar-refractivity contribution in [2.75, 3.05) is 0 Å². The molecule has 3 rings (SSSR count). The fourth-order valence-electron chi connectivity index (χ4n) is 2.43. The Morgan fingerprint density at radius 2 is 1.94 bits per heavy atom. The Hall–Kier alpha value is -0.160. The van der Waals surface area contributed by atoms with Crippen LogP contribution in [-0.2, 0) is 0 Å². The van der Waals surface area contributed by atoms with Crippen LogP contribution in [0.1, 0.15) is 28.8 Å². The lowest BCUT2D eigenvalue weighted by molar-refractivity contribution is 0.626. The molecular formula is C14H13Br2NS. The van der Waals surface area contributed by atoms with Crippen LogP contribution in [0, 0.1) is 5.92 Å². The predicted molar refractivity (Wildman–Crippen MR) is 83.9 cm³/mol. The van der Waals surface area contributed by atoms with Crippen molar-refractivity contribution in [2.24, 2.45) is 11.7 Å². The van der Waals surface area contributed by atoms with Crippen molar-refractivity contribution < 1.29 is 0 Å². The first-order valence-electron chi connectivity index (χ1n) is 5.92. The standard InChI is InChI=1S/C14H13Br2NS/c15-11-7-12(18-14(11)16)13(17)10-6-9(10)8-4-2-1-3-5-8/h1-5,7,9-10,13H,6,17H2. The first-order chi connectivity index (χ1) is 8.66. The molecule has 2 aromatic rings. The molecule has 0 saturated heterocycles. The van der Waals surface area contributed by atoms with E-state index in [1.54, 1.807) is 11.3 Å². The molecule has 1 saturated carbocycles. The molecule has 3 atom stereocenters. The molecule has 94 valence electrons. The molecule has 1 aliphatic carbocycles. The van der Waals surface area contributed by atoms with Gasteiger partial charge in [-0.2, -0.15) is 0 Å². The number of thiophene rings is 1. The molecule has 1 aromatic heterocycles. The molecule has 1 fully saturated rings. The maximum absolute atomic E-state index is 6.38. The van der Waals surface area contributed by atoms with Gasteiger partial charge in [-0.3, -0.25) is 0 Å². The highest BCUT2D eigenvalue weighted by Gasteiger charge is 2.43. The van der Waals surface area contributed by atoms with E-state index in [4.69, 9.17) is 5.73 Å². The Morgan fingerprint density at radius 1 is 1.22 bits per heavy atom. The van der Waals surface area contributed by atoms with Crippen molar-refractivity contribution in [1.29, 1.82) is 0 Å². The lowest BCUT2D eigenvalue weighted by atomic mass is 10.1. The molecule has 0 aliphatic heterocycles. The first kappa shape index (κ1) is 12.9. The van der Waals surface area contributed by atoms with Gasteiger partial charge in [0.2, 0.25) is 0 Å². The summed E-state index contributed by atoms with van der Waals surface area (Å²) in [7, 11) is 0. The molecule has 0 amide bonds. The first-order valence-corrected chi connectivity index (χ1v) is 8.32. The van der Waals surface area contributed by atoms with Gasteiger partial charge < -0.3 is 5.73 Å². The summed E-state index contributed by atoms with van der Waals surface area (Å²) in [6.45, 7) is 0. The zero-order valence-corrected chi connectivity index (χ0v) is 13.6. The van der Waals surface area contributed by atoms with Gasteiger partial charge in [-0.1, -0.05) is 30.3 Å². The average molecular weight is 387 g/mol. The van der Waals surface area contributed by atoms with Crippen molar-refractivity contribution in [3.63, 3.8) is 0 Å². The van der Waals surface area contributed by atoms with Crippen LogP contribution in [0.4, 0.5) is 0 Å². The molecule has 18 heavy (non-hydrogen) atoms. The van der Waals surface area contributed by atoms with E-state index in [0.29, 0.717) is 11.8 Å². The van der Waals surface area contributed by atoms with Gasteiger partial charge in [-0.25, -0.2) is 0 Å². The number of halogens is 2. The van der Waals surface area contributed by atoms with Crippen LogP contribution in [-0.4, -0.2) is 0 Å². The Balaban J connectivity index is 1.75. The lowest BCUT2D eigenvalue weighted by Gasteiger charge is -2.08. The minimum atomic E-state index is 0.155. The fraction of sp³-hybridized carbons (Fsp3) is 0.286. The summed E-state index contributed by atoms with van der Waals surface area (Å²) >= 11 is 8.78. The molecular weight excluding hydrogens is 374 g/mol. The monoisotopic (exact) mass is 385 g/mol. The van der Waals surface area contributed by atoms with Crippen molar-refractivity contribution in [3.8, 4) is 0 Å². The average Bonchev–Trinajstić information content (AvgIpc) is 3.11. The molecule has 1 aromatic carbocycles. The topological polar surface area (TPSA) is 26.0 Å². The summed E-state index contributed by atoms with van der Waals surface area (Å²) in [5, 5.41) is 0. The molecule has 0 radical (unpaired) electrons. The summed E-state index contributed by atoms with van der Waals surface area (Å²) < 4.78 is 2.24. The molecule has 2 N–H and O–H groups in total. The van der Waals surface area contributed by atoms with Gasteiger partial charge in [0.05, 0.1) is 3.79 Å². The second-order valence-electron chi connectivity index (χ2n) is 4.71. The minimum Gasteiger partial charge on any atom is -0.323 e. The van der Waals surface area contributed by atoms with Gasteiger partial charge in [0.1, 0.15) is 0 Å². The molecule has 3 unspecified atom stereocenters. The zero-order chi connectivity index (χ0) is 12.7. The highest BCUT2D eigenvalue weighted by atomic mass is 79.9.